The number of fused-ring (bicyclic) bond motifs is 1. The maximum Gasteiger partial charge on any atom is 0.256 e. The lowest BCUT2D eigenvalue weighted by Gasteiger charge is -2.14. The molecule has 0 bridgehead atoms. The highest BCUT2D eigenvalue weighted by Crippen LogP contribution is 2.28. The van der Waals surface area contributed by atoms with Crippen molar-refractivity contribution < 1.29 is 13.9 Å². The summed E-state index contributed by atoms with van der Waals surface area (Å²) < 4.78 is 11.1. The Labute approximate surface area is 162 Å². The van der Waals surface area contributed by atoms with Crippen LogP contribution in [-0.4, -0.2) is 22.5 Å². The summed E-state index contributed by atoms with van der Waals surface area (Å²) in [6, 6.07) is 15.1. The average molecular weight is 373 g/mol. The molecule has 0 saturated heterocycles. The predicted octanol–water partition coefficient (Wildman–Crippen LogP) is 4.22. The van der Waals surface area contributed by atoms with Crippen LogP contribution in [0.25, 0.3) is 22.2 Å². The summed E-state index contributed by atoms with van der Waals surface area (Å²) in [5, 5.41) is 4.77. The van der Waals surface area contributed by atoms with Crippen molar-refractivity contribution in [3.8, 4) is 17.2 Å². The minimum Gasteiger partial charge on any atom is -0.493 e. The van der Waals surface area contributed by atoms with E-state index in [0.717, 1.165) is 10.8 Å². The first-order valence-corrected chi connectivity index (χ1v) is 9.04. The second kappa shape index (κ2) is 7.92. The Bertz CT molecular complexity index is 1110. The van der Waals surface area contributed by atoms with Gasteiger partial charge in [-0.3, -0.25) is 9.78 Å². The highest BCUT2D eigenvalue weighted by atomic mass is 16.5. The van der Waals surface area contributed by atoms with Crippen LogP contribution >= 0.6 is 0 Å². The third kappa shape index (κ3) is 3.44. The van der Waals surface area contributed by atoms with Crippen LogP contribution in [0, 0.1) is 0 Å². The predicted molar refractivity (Wildman–Crippen MR) is 106 cm³/mol. The Kier molecular flexibility index (Phi) is 5.01. The van der Waals surface area contributed by atoms with Gasteiger partial charge >= 0.3 is 0 Å². The van der Waals surface area contributed by atoms with E-state index in [1.165, 1.54) is 0 Å². The molecule has 0 atom stereocenters. The van der Waals surface area contributed by atoms with Crippen LogP contribution in [0.5, 0.6) is 5.75 Å². The Hall–Kier alpha value is -3.67. The Morgan fingerprint density at radius 1 is 1.07 bits per heavy atom. The summed E-state index contributed by atoms with van der Waals surface area (Å²) in [4.78, 5) is 21.8. The summed E-state index contributed by atoms with van der Waals surface area (Å²) in [5.74, 6) is 0.943. The Balaban J connectivity index is 1.64. The highest BCUT2D eigenvalue weighted by Gasteiger charge is 2.18. The zero-order chi connectivity index (χ0) is 19.3. The molecule has 2 aromatic carbocycles. The van der Waals surface area contributed by atoms with Crippen LogP contribution in [0.3, 0.4) is 0 Å². The number of nitrogens with zero attached hydrogens (tertiary/aromatic N) is 2. The van der Waals surface area contributed by atoms with Gasteiger partial charge in [0.25, 0.3) is 5.91 Å². The summed E-state index contributed by atoms with van der Waals surface area (Å²) in [5.41, 5.74) is 1.75. The molecule has 4 rings (SSSR count). The number of hydrogen-bond donors (Lipinski definition) is 1. The van der Waals surface area contributed by atoms with Crippen molar-refractivity contribution in [2.24, 2.45) is 0 Å². The van der Waals surface area contributed by atoms with E-state index in [2.05, 4.69) is 15.3 Å². The molecule has 1 N–H and O–H groups in total. The number of benzene rings is 2. The fourth-order valence-electron chi connectivity index (χ4n) is 3.13. The molecule has 0 radical (unpaired) electrons. The molecule has 0 aliphatic carbocycles. The van der Waals surface area contributed by atoms with Crippen molar-refractivity contribution in [2.75, 3.05) is 6.61 Å². The lowest BCUT2D eigenvalue weighted by atomic mass is 10.0. The van der Waals surface area contributed by atoms with Crippen molar-refractivity contribution in [3.63, 3.8) is 0 Å². The highest BCUT2D eigenvalue weighted by molar-refractivity contribution is 6.09. The zero-order valence-electron chi connectivity index (χ0n) is 15.4. The van der Waals surface area contributed by atoms with Crippen molar-refractivity contribution in [3.05, 3.63) is 78.4 Å². The summed E-state index contributed by atoms with van der Waals surface area (Å²) >= 11 is 0. The second-order valence-corrected chi connectivity index (χ2v) is 6.10. The molecular weight excluding hydrogens is 354 g/mol. The standard InChI is InChI=1S/C22H19N3O3/c1-2-27-18-10-9-15-6-3-4-7-16(15)20(18)22(26)25-14-17-21(24-12-11-23-17)19-8-5-13-28-19/h3-13H,2,14H2,1H3,(H,25,26). The Morgan fingerprint density at radius 2 is 1.93 bits per heavy atom. The number of carbonyl (C=O) groups is 1. The molecule has 6 heteroatoms. The van der Waals surface area contributed by atoms with Gasteiger partial charge in [0.05, 0.1) is 30.7 Å². The smallest absolute Gasteiger partial charge is 0.256 e. The van der Waals surface area contributed by atoms with E-state index >= 15 is 0 Å². The van der Waals surface area contributed by atoms with Crippen molar-refractivity contribution in [1.29, 1.82) is 0 Å². The first-order valence-electron chi connectivity index (χ1n) is 9.04. The monoisotopic (exact) mass is 373 g/mol. The van der Waals surface area contributed by atoms with Crippen molar-refractivity contribution in [2.45, 2.75) is 13.5 Å². The van der Waals surface area contributed by atoms with Crippen molar-refractivity contribution >= 4 is 16.7 Å². The topological polar surface area (TPSA) is 77.2 Å². The summed E-state index contributed by atoms with van der Waals surface area (Å²) in [7, 11) is 0. The van der Waals surface area contributed by atoms with Gasteiger partial charge in [0.1, 0.15) is 11.4 Å². The van der Waals surface area contributed by atoms with Gasteiger partial charge in [0, 0.05) is 12.4 Å². The number of ether oxygens (including phenoxy) is 1. The third-order valence-corrected chi connectivity index (χ3v) is 4.36. The molecule has 28 heavy (non-hydrogen) atoms. The molecule has 4 aromatic rings. The van der Waals surface area contributed by atoms with Gasteiger partial charge in [-0.1, -0.05) is 30.3 Å². The van der Waals surface area contributed by atoms with Gasteiger partial charge in [0.15, 0.2) is 5.76 Å². The molecule has 0 aliphatic rings. The van der Waals surface area contributed by atoms with Crippen LogP contribution in [0.15, 0.2) is 71.6 Å². The van der Waals surface area contributed by atoms with Gasteiger partial charge in [-0.15, -0.1) is 0 Å². The first kappa shape index (κ1) is 17.7. The summed E-state index contributed by atoms with van der Waals surface area (Å²) in [6.45, 7) is 2.59. The SMILES string of the molecule is CCOc1ccc2ccccc2c1C(=O)NCc1nccnc1-c1ccco1. The van der Waals surface area contributed by atoms with Gasteiger partial charge in [-0.05, 0) is 35.9 Å². The van der Waals surface area contributed by atoms with E-state index in [1.807, 2.05) is 49.4 Å². The van der Waals surface area contributed by atoms with Crippen LogP contribution in [0.2, 0.25) is 0 Å². The van der Waals surface area contributed by atoms with Crippen molar-refractivity contribution in [1.82, 2.24) is 15.3 Å². The molecule has 0 saturated carbocycles. The maximum atomic E-state index is 13.1. The van der Waals surface area contributed by atoms with E-state index in [9.17, 15) is 4.79 Å². The van der Waals surface area contributed by atoms with Gasteiger partial charge in [-0.25, -0.2) is 4.98 Å². The van der Waals surface area contributed by atoms with E-state index in [1.54, 1.807) is 24.7 Å². The zero-order valence-corrected chi connectivity index (χ0v) is 15.4. The number of aromatic nitrogens is 2. The maximum absolute atomic E-state index is 13.1. The minimum absolute atomic E-state index is 0.220. The first-order chi connectivity index (χ1) is 13.8. The fraction of sp³-hybridized carbons (Fsp3) is 0.136. The molecule has 0 fully saturated rings. The van der Waals surface area contributed by atoms with Gasteiger partial charge in [-0.2, -0.15) is 0 Å². The van der Waals surface area contributed by atoms with E-state index < -0.39 is 0 Å². The van der Waals surface area contributed by atoms with Crippen LogP contribution < -0.4 is 10.1 Å². The molecule has 2 aromatic heterocycles. The molecule has 0 aliphatic heterocycles. The number of hydrogen-bond acceptors (Lipinski definition) is 5. The van der Waals surface area contributed by atoms with Gasteiger partial charge < -0.3 is 14.5 Å². The average Bonchev–Trinajstić information content (AvgIpc) is 3.27. The normalized spacial score (nSPS) is 10.8. The summed E-state index contributed by atoms with van der Waals surface area (Å²) in [6.07, 6.45) is 4.77. The lowest BCUT2D eigenvalue weighted by molar-refractivity contribution is 0.0948. The largest absolute Gasteiger partial charge is 0.493 e. The second-order valence-electron chi connectivity index (χ2n) is 6.10. The molecule has 2 heterocycles. The number of nitrogens with one attached hydrogen (secondary N) is 1. The molecular formula is C22H19N3O3. The third-order valence-electron chi connectivity index (χ3n) is 4.36. The Morgan fingerprint density at radius 3 is 2.75 bits per heavy atom. The number of furan rings is 1. The van der Waals surface area contributed by atoms with E-state index in [-0.39, 0.29) is 12.5 Å². The fourth-order valence-corrected chi connectivity index (χ4v) is 3.13. The lowest BCUT2D eigenvalue weighted by Crippen LogP contribution is -2.25. The molecule has 1 amide bonds. The number of carbonyl (C=O) groups excluding carboxylic acids is 1. The minimum atomic E-state index is -0.226. The quantitative estimate of drug-likeness (QED) is 0.548. The molecule has 140 valence electrons. The number of rotatable bonds is 6. The van der Waals surface area contributed by atoms with Gasteiger partial charge in [0.2, 0.25) is 0 Å². The number of amides is 1. The van der Waals surface area contributed by atoms with Crippen LogP contribution in [0.4, 0.5) is 0 Å². The van der Waals surface area contributed by atoms with E-state index in [0.29, 0.717) is 35.1 Å². The van der Waals surface area contributed by atoms with Crippen LogP contribution in [0.1, 0.15) is 23.0 Å². The molecule has 6 nitrogen and oxygen atoms in total. The molecule has 0 spiro atoms. The van der Waals surface area contributed by atoms with E-state index in [4.69, 9.17) is 9.15 Å². The van der Waals surface area contributed by atoms with Crippen LogP contribution in [-0.2, 0) is 6.54 Å². The molecule has 0 unspecified atom stereocenters.